The molecule has 23 heavy (non-hydrogen) atoms. The van der Waals surface area contributed by atoms with Gasteiger partial charge >= 0.3 is 0 Å². The molecular formula is C18H20N2O3. The monoisotopic (exact) mass is 312 g/mol. The highest BCUT2D eigenvalue weighted by Crippen LogP contribution is 2.31. The van der Waals surface area contributed by atoms with Gasteiger partial charge in [-0.3, -0.25) is 9.78 Å². The van der Waals surface area contributed by atoms with Crippen molar-refractivity contribution < 1.29 is 14.3 Å². The number of para-hydroxylation sites is 2. The van der Waals surface area contributed by atoms with E-state index in [4.69, 9.17) is 9.47 Å². The first kappa shape index (κ1) is 15.3. The first-order chi connectivity index (χ1) is 11.3. The summed E-state index contributed by atoms with van der Waals surface area (Å²) in [5, 5.41) is 2.79. The van der Waals surface area contributed by atoms with Gasteiger partial charge in [0, 0.05) is 24.0 Å². The molecule has 1 aromatic heterocycles. The standard InChI is InChI=1S/C18H20N2O3/c1-2-19-18(21)13-9-10-20-14(11-13)7-8-15-12-22-16-5-3-4-6-17(16)23-15/h3-6,9-11,15H,2,7-8,12H2,1H3,(H,19,21)/t15-/m1/s1. The average Bonchev–Trinajstić information content (AvgIpc) is 2.60. The minimum absolute atomic E-state index is 0.000163. The fourth-order valence-electron chi connectivity index (χ4n) is 2.53. The SMILES string of the molecule is CCNC(=O)c1ccnc(CC[C@@H]2COc3ccccc3O2)c1. The van der Waals surface area contributed by atoms with Gasteiger partial charge in [-0.1, -0.05) is 12.1 Å². The molecule has 120 valence electrons. The molecule has 1 aliphatic heterocycles. The van der Waals surface area contributed by atoms with Crippen molar-refractivity contribution in [2.45, 2.75) is 25.9 Å². The lowest BCUT2D eigenvalue weighted by Crippen LogP contribution is -2.29. The van der Waals surface area contributed by atoms with Crippen molar-refractivity contribution in [3.05, 3.63) is 53.9 Å². The molecule has 1 aliphatic rings. The molecule has 0 unspecified atom stereocenters. The van der Waals surface area contributed by atoms with Gasteiger partial charge in [-0.25, -0.2) is 0 Å². The lowest BCUT2D eigenvalue weighted by Gasteiger charge is -2.26. The number of fused-ring (bicyclic) bond motifs is 1. The van der Waals surface area contributed by atoms with Crippen LogP contribution < -0.4 is 14.8 Å². The third-order valence-corrected chi connectivity index (χ3v) is 3.71. The Labute approximate surface area is 135 Å². The van der Waals surface area contributed by atoms with E-state index in [2.05, 4.69) is 10.3 Å². The average molecular weight is 312 g/mol. The Morgan fingerprint density at radius 3 is 2.96 bits per heavy atom. The lowest BCUT2D eigenvalue weighted by molar-refractivity contribution is 0.0849. The second kappa shape index (κ2) is 7.13. The quantitative estimate of drug-likeness (QED) is 0.922. The molecule has 1 N–H and O–H groups in total. The summed E-state index contributed by atoms with van der Waals surface area (Å²) in [6.07, 6.45) is 3.21. The number of carbonyl (C=O) groups is 1. The molecule has 0 fully saturated rings. The van der Waals surface area contributed by atoms with E-state index in [1.807, 2.05) is 37.3 Å². The number of amides is 1. The van der Waals surface area contributed by atoms with Gasteiger partial charge in [-0.15, -0.1) is 0 Å². The first-order valence-electron chi connectivity index (χ1n) is 7.88. The molecule has 1 atom stereocenters. The van der Waals surface area contributed by atoms with E-state index in [1.54, 1.807) is 12.3 Å². The molecule has 5 heteroatoms. The van der Waals surface area contributed by atoms with E-state index in [0.717, 1.165) is 30.0 Å². The van der Waals surface area contributed by atoms with E-state index < -0.39 is 0 Å². The third kappa shape index (κ3) is 3.80. The largest absolute Gasteiger partial charge is 0.486 e. The zero-order valence-corrected chi connectivity index (χ0v) is 13.1. The van der Waals surface area contributed by atoms with Gasteiger partial charge in [0.2, 0.25) is 0 Å². The Morgan fingerprint density at radius 2 is 2.13 bits per heavy atom. The number of pyridine rings is 1. The van der Waals surface area contributed by atoms with Gasteiger partial charge < -0.3 is 14.8 Å². The van der Waals surface area contributed by atoms with Crippen LogP contribution in [0.4, 0.5) is 0 Å². The zero-order valence-electron chi connectivity index (χ0n) is 13.1. The summed E-state index contributed by atoms with van der Waals surface area (Å²) in [5.41, 5.74) is 1.53. The van der Waals surface area contributed by atoms with Crippen LogP contribution in [-0.4, -0.2) is 30.1 Å². The summed E-state index contributed by atoms with van der Waals surface area (Å²) < 4.78 is 11.6. The maximum absolute atomic E-state index is 11.9. The Hall–Kier alpha value is -2.56. The van der Waals surface area contributed by atoms with Crippen molar-refractivity contribution in [3.8, 4) is 11.5 Å². The van der Waals surface area contributed by atoms with Crippen LogP contribution in [0.1, 0.15) is 29.4 Å². The van der Waals surface area contributed by atoms with Crippen molar-refractivity contribution in [2.75, 3.05) is 13.2 Å². The molecule has 0 aliphatic carbocycles. The number of nitrogens with zero attached hydrogens (tertiary/aromatic N) is 1. The summed E-state index contributed by atoms with van der Waals surface area (Å²) in [4.78, 5) is 16.2. The fourth-order valence-corrected chi connectivity index (χ4v) is 2.53. The Bertz CT molecular complexity index is 687. The van der Waals surface area contributed by atoms with Gasteiger partial charge in [0.05, 0.1) is 0 Å². The topological polar surface area (TPSA) is 60.5 Å². The van der Waals surface area contributed by atoms with Gasteiger partial charge in [-0.2, -0.15) is 0 Å². The van der Waals surface area contributed by atoms with Crippen LogP contribution in [0.15, 0.2) is 42.6 Å². The summed E-state index contributed by atoms with van der Waals surface area (Å²) in [6.45, 7) is 3.05. The number of carbonyl (C=O) groups excluding carboxylic acids is 1. The predicted octanol–water partition coefficient (Wildman–Crippen LogP) is 2.60. The number of nitrogens with one attached hydrogen (secondary N) is 1. The van der Waals surface area contributed by atoms with E-state index in [1.165, 1.54) is 0 Å². The first-order valence-corrected chi connectivity index (χ1v) is 7.88. The maximum atomic E-state index is 11.9. The van der Waals surface area contributed by atoms with Crippen molar-refractivity contribution in [1.29, 1.82) is 0 Å². The molecule has 1 amide bonds. The molecule has 2 aromatic rings. The summed E-state index contributed by atoms with van der Waals surface area (Å²) in [7, 11) is 0. The van der Waals surface area contributed by atoms with Crippen LogP contribution in [0, 0.1) is 0 Å². The summed E-state index contributed by atoms with van der Waals surface area (Å²) >= 11 is 0. The minimum Gasteiger partial charge on any atom is -0.486 e. The van der Waals surface area contributed by atoms with E-state index >= 15 is 0 Å². The van der Waals surface area contributed by atoms with Gasteiger partial charge in [0.25, 0.3) is 5.91 Å². The highest BCUT2D eigenvalue weighted by molar-refractivity contribution is 5.94. The molecular weight excluding hydrogens is 292 g/mol. The van der Waals surface area contributed by atoms with Crippen LogP contribution in [0.2, 0.25) is 0 Å². The van der Waals surface area contributed by atoms with Gasteiger partial charge in [0.1, 0.15) is 12.7 Å². The molecule has 2 heterocycles. The minimum atomic E-state index is -0.0673. The molecule has 5 nitrogen and oxygen atoms in total. The van der Waals surface area contributed by atoms with Crippen molar-refractivity contribution in [1.82, 2.24) is 10.3 Å². The van der Waals surface area contributed by atoms with Crippen LogP contribution in [0.5, 0.6) is 11.5 Å². The number of ether oxygens (including phenoxy) is 2. The molecule has 0 saturated heterocycles. The summed E-state index contributed by atoms with van der Waals surface area (Å²) in [6, 6.07) is 11.2. The fraction of sp³-hybridized carbons (Fsp3) is 0.333. The molecule has 1 aromatic carbocycles. The van der Waals surface area contributed by atoms with E-state index in [9.17, 15) is 4.79 Å². The van der Waals surface area contributed by atoms with Gasteiger partial charge in [0.15, 0.2) is 11.5 Å². The highest BCUT2D eigenvalue weighted by atomic mass is 16.6. The number of rotatable bonds is 5. The Kier molecular flexibility index (Phi) is 4.76. The maximum Gasteiger partial charge on any atom is 0.251 e. The van der Waals surface area contributed by atoms with Crippen molar-refractivity contribution >= 4 is 5.91 Å². The molecule has 0 bridgehead atoms. The second-order valence-corrected chi connectivity index (χ2v) is 5.43. The third-order valence-electron chi connectivity index (χ3n) is 3.71. The number of benzene rings is 1. The van der Waals surface area contributed by atoms with E-state index in [-0.39, 0.29) is 12.0 Å². The Balaban J connectivity index is 1.59. The van der Waals surface area contributed by atoms with Crippen LogP contribution >= 0.6 is 0 Å². The van der Waals surface area contributed by atoms with Crippen molar-refractivity contribution in [2.24, 2.45) is 0 Å². The van der Waals surface area contributed by atoms with E-state index in [0.29, 0.717) is 18.7 Å². The van der Waals surface area contributed by atoms with Gasteiger partial charge in [-0.05, 0) is 44.0 Å². The van der Waals surface area contributed by atoms with Crippen molar-refractivity contribution in [3.63, 3.8) is 0 Å². The van der Waals surface area contributed by atoms with Crippen LogP contribution in [0.3, 0.4) is 0 Å². The molecule has 0 saturated carbocycles. The normalized spacial score (nSPS) is 16.0. The number of aromatic nitrogens is 1. The lowest BCUT2D eigenvalue weighted by atomic mass is 10.1. The summed E-state index contributed by atoms with van der Waals surface area (Å²) in [5.74, 6) is 1.51. The van der Waals surface area contributed by atoms with Crippen LogP contribution in [-0.2, 0) is 6.42 Å². The zero-order chi connectivity index (χ0) is 16.1. The number of hydrogen-bond acceptors (Lipinski definition) is 4. The Morgan fingerprint density at radius 1 is 1.30 bits per heavy atom. The molecule has 3 rings (SSSR count). The molecule has 0 spiro atoms. The number of aryl methyl sites for hydroxylation is 1. The predicted molar refractivity (Wildman–Crippen MR) is 86.9 cm³/mol. The highest BCUT2D eigenvalue weighted by Gasteiger charge is 2.20. The smallest absolute Gasteiger partial charge is 0.251 e. The van der Waals surface area contributed by atoms with Crippen LogP contribution in [0.25, 0.3) is 0 Å². The second-order valence-electron chi connectivity index (χ2n) is 5.43. The number of hydrogen-bond donors (Lipinski definition) is 1. The molecule has 0 radical (unpaired) electrons.